The summed E-state index contributed by atoms with van der Waals surface area (Å²) in [7, 11) is 0. The van der Waals surface area contributed by atoms with E-state index in [1.54, 1.807) is 6.07 Å². The van der Waals surface area contributed by atoms with Crippen LogP contribution in [0.15, 0.2) is 89.1 Å². The molecule has 0 N–H and O–H groups in total. The van der Waals surface area contributed by atoms with Gasteiger partial charge in [0.25, 0.3) is 5.09 Å². The smallest absolute Gasteiger partial charge is 0.274 e. The fourth-order valence-electron chi connectivity index (χ4n) is 2.89. The van der Waals surface area contributed by atoms with E-state index in [-0.39, 0.29) is 5.75 Å². The molecule has 0 radical (unpaired) electrons. The minimum atomic E-state index is -0.846. The van der Waals surface area contributed by atoms with Crippen LogP contribution in [-0.4, -0.2) is 5.09 Å². The van der Waals surface area contributed by atoms with Crippen LogP contribution in [0.3, 0.4) is 0 Å². The van der Waals surface area contributed by atoms with E-state index in [4.69, 9.17) is 4.84 Å². The Bertz CT molecular complexity index is 1150. The molecule has 4 rings (SSSR count). The van der Waals surface area contributed by atoms with Crippen LogP contribution < -0.4 is 4.84 Å². The quantitative estimate of drug-likeness (QED) is 0.260. The summed E-state index contributed by atoms with van der Waals surface area (Å²) in [6.07, 6.45) is 0. The summed E-state index contributed by atoms with van der Waals surface area (Å²) in [5.74, 6) is 0.0534. The van der Waals surface area contributed by atoms with Crippen LogP contribution in [0, 0.1) is 10.1 Å². The van der Waals surface area contributed by atoms with Gasteiger partial charge in [0.05, 0.1) is 5.69 Å². The first kappa shape index (κ1) is 15.7. The average molecular weight is 343 g/mol. The molecule has 0 bridgehead atoms. The first-order chi connectivity index (χ1) is 12.7. The van der Waals surface area contributed by atoms with Gasteiger partial charge in [-0.05, 0) is 22.9 Å². The first-order valence-corrected chi connectivity index (χ1v) is 7.96. The number of hydrogen-bond acceptors (Lipinski definition) is 5. The van der Waals surface area contributed by atoms with Crippen LogP contribution in [0.4, 0.5) is 11.4 Å². The Hall–Kier alpha value is -3.80. The van der Waals surface area contributed by atoms with Crippen LogP contribution in [-0.2, 0) is 0 Å². The van der Waals surface area contributed by atoms with Crippen LogP contribution in [0.1, 0.15) is 0 Å². The zero-order valence-corrected chi connectivity index (χ0v) is 13.6. The van der Waals surface area contributed by atoms with E-state index in [9.17, 15) is 10.1 Å². The molecule has 0 heterocycles. The molecular weight excluding hydrogens is 330 g/mol. The van der Waals surface area contributed by atoms with E-state index in [1.165, 1.54) is 6.07 Å². The van der Waals surface area contributed by atoms with Gasteiger partial charge in [0, 0.05) is 10.8 Å². The van der Waals surface area contributed by atoms with Gasteiger partial charge in [0.2, 0.25) is 0 Å². The van der Waals surface area contributed by atoms with Gasteiger partial charge in [-0.15, -0.1) is 20.3 Å². The molecule has 0 amide bonds. The summed E-state index contributed by atoms with van der Waals surface area (Å²) in [5.41, 5.74) is 1.01. The fourth-order valence-corrected chi connectivity index (χ4v) is 2.89. The molecule has 6 nitrogen and oxygen atoms in total. The number of benzene rings is 4. The average Bonchev–Trinajstić information content (AvgIpc) is 2.66. The van der Waals surface area contributed by atoms with Crippen LogP contribution >= 0.6 is 0 Å². The van der Waals surface area contributed by atoms with E-state index >= 15 is 0 Å². The number of nitrogens with zero attached hydrogens (tertiary/aromatic N) is 3. The van der Waals surface area contributed by atoms with Gasteiger partial charge < -0.3 is 0 Å². The summed E-state index contributed by atoms with van der Waals surface area (Å²) in [6, 6.07) is 24.3. The molecule has 0 aliphatic carbocycles. The van der Waals surface area contributed by atoms with Crippen LogP contribution in [0.2, 0.25) is 0 Å². The van der Waals surface area contributed by atoms with E-state index in [2.05, 4.69) is 10.2 Å². The molecule has 0 unspecified atom stereocenters. The number of azo groups is 1. The Balaban J connectivity index is 1.87. The van der Waals surface area contributed by atoms with Crippen molar-refractivity contribution in [3.05, 3.63) is 89.0 Å². The molecule has 0 saturated heterocycles. The van der Waals surface area contributed by atoms with Crippen molar-refractivity contribution in [3.8, 4) is 5.75 Å². The van der Waals surface area contributed by atoms with Gasteiger partial charge in [0.15, 0.2) is 5.75 Å². The van der Waals surface area contributed by atoms with Crippen molar-refractivity contribution in [2.45, 2.75) is 0 Å². The first-order valence-electron chi connectivity index (χ1n) is 7.96. The SMILES string of the molecule is O=[N+]([O-])Oc1ccc2ccccc2c1N=Nc1cccc2ccccc12. The van der Waals surface area contributed by atoms with E-state index < -0.39 is 5.09 Å². The molecule has 0 fully saturated rings. The largest absolute Gasteiger partial charge is 0.299 e. The van der Waals surface area contributed by atoms with E-state index in [1.807, 2.05) is 66.7 Å². The molecule has 0 aliphatic rings. The topological polar surface area (TPSA) is 77.1 Å². The minimum Gasteiger partial charge on any atom is -0.274 e. The maximum Gasteiger partial charge on any atom is 0.299 e. The normalized spacial score (nSPS) is 11.2. The highest BCUT2D eigenvalue weighted by Crippen LogP contribution is 2.37. The van der Waals surface area contributed by atoms with Crippen LogP contribution in [0.5, 0.6) is 5.75 Å². The third kappa shape index (κ3) is 2.95. The maximum atomic E-state index is 10.8. The molecule has 0 saturated carbocycles. The zero-order chi connectivity index (χ0) is 17.9. The standard InChI is InChI=1S/C20H13N3O3/c24-23(25)26-19-13-12-15-7-2-4-10-17(15)20(19)22-21-18-11-5-8-14-6-1-3-9-16(14)18/h1-13H. The Morgan fingerprint density at radius 1 is 0.731 bits per heavy atom. The fraction of sp³-hybridized carbons (Fsp3) is 0. The van der Waals surface area contributed by atoms with Crippen molar-refractivity contribution < 1.29 is 9.92 Å². The Labute approximate surface area is 148 Å². The van der Waals surface area contributed by atoms with Crippen molar-refractivity contribution >= 4 is 32.9 Å². The van der Waals surface area contributed by atoms with Gasteiger partial charge in [-0.2, -0.15) is 0 Å². The van der Waals surface area contributed by atoms with Crippen LogP contribution in [0.25, 0.3) is 21.5 Å². The van der Waals surface area contributed by atoms with E-state index in [0.717, 1.165) is 21.5 Å². The number of rotatable bonds is 4. The van der Waals surface area contributed by atoms with Gasteiger partial charge in [-0.1, -0.05) is 66.7 Å². The summed E-state index contributed by atoms with van der Waals surface area (Å²) >= 11 is 0. The minimum absolute atomic E-state index is 0.0534. The second-order valence-electron chi connectivity index (χ2n) is 5.65. The Morgan fingerprint density at radius 2 is 1.38 bits per heavy atom. The Morgan fingerprint density at radius 3 is 2.15 bits per heavy atom. The van der Waals surface area contributed by atoms with Crippen molar-refractivity contribution in [2.75, 3.05) is 0 Å². The number of fused-ring (bicyclic) bond motifs is 2. The van der Waals surface area contributed by atoms with Crippen molar-refractivity contribution in [1.82, 2.24) is 0 Å². The number of hydrogen-bond donors (Lipinski definition) is 0. The molecule has 0 aromatic heterocycles. The molecule has 0 aliphatic heterocycles. The van der Waals surface area contributed by atoms with Gasteiger partial charge in [0.1, 0.15) is 5.69 Å². The molecule has 126 valence electrons. The Kier molecular flexibility index (Phi) is 3.99. The monoisotopic (exact) mass is 343 g/mol. The summed E-state index contributed by atoms with van der Waals surface area (Å²) in [4.78, 5) is 15.5. The highest BCUT2D eigenvalue weighted by Gasteiger charge is 2.11. The lowest BCUT2D eigenvalue weighted by Gasteiger charge is -2.07. The highest BCUT2D eigenvalue weighted by atomic mass is 17.0. The molecule has 0 spiro atoms. The van der Waals surface area contributed by atoms with Crippen molar-refractivity contribution in [1.29, 1.82) is 0 Å². The van der Waals surface area contributed by atoms with Gasteiger partial charge in [-0.25, -0.2) is 0 Å². The second-order valence-corrected chi connectivity index (χ2v) is 5.65. The summed E-state index contributed by atoms with van der Waals surface area (Å²) < 4.78 is 0. The van der Waals surface area contributed by atoms with E-state index in [0.29, 0.717) is 11.4 Å². The lowest BCUT2D eigenvalue weighted by atomic mass is 10.1. The lowest BCUT2D eigenvalue weighted by molar-refractivity contribution is -0.710. The molecule has 4 aromatic rings. The maximum absolute atomic E-state index is 10.8. The second kappa shape index (κ2) is 6.60. The molecule has 26 heavy (non-hydrogen) atoms. The predicted octanol–water partition coefficient (Wildman–Crippen LogP) is 5.98. The molecular formula is C20H13N3O3. The third-order valence-electron chi connectivity index (χ3n) is 4.06. The highest BCUT2D eigenvalue weighted by molar-refractivity contribution is 5.96. The third-order valence-corrected chi connectivity index (χ3v) is 4.06. The molecule has 4 aromatic carbocycles. The van der Waals surface area contributed by atoms with Crippen molar-refractivity contribution in [2.24, 2.45) is 10.2 Å². The molecule has 0 atom stereocenters. The lowest BCUT2D eigenvalue weighted by Crippen LogP contribution is -2.03. The predicted molar refractivity (Wildman–Crippen MR) is 99.7 cm³/mol. The zero-order valence-electron chi connectivity index (χ0n) is 13.6. The van der Waals surface area contributed by atoms with Gasteiger partial charge in [-0.3, -0.25) is 4.84 Å². The summed E-state index contributed by atoms with van der Waals surface area (Å²) in [6.45, 7) is 0. The molecule has 6 heteroatoms. The van der Waals surface area contributed by atoms with Crippen molar-refractivity contribution in [3.63, 3.8) is 0 Å². The van der Waals surface area contributed by atoms with Gasteiger partial charge >= 0.3 is 0 Å². The summed E-state index contributed by atoms with van der Waals surface area (Å²) in [5, 5.41) is 22.2.